The maximum absolute atomic E-state index is 12.3. The molecule has 7 nitrogen and oxygen atoms in total. The van der Waals surface area contributed by atoms with Crippen LogP contribution in [0.1, 0.15) is 24.2 Å². The monoisotopic (exact) mass is 343 g/mol. The molecule has 2 atom stereocenters. The predicted octanol–water partition coefficient (Wildman–Crippen LogP) is 2.19. The van der Waals surface area contributed by atoms with Gasteiger partial charge in [-0.2, -0.15) is 0 Å². The molecule has 0 unspecified atom stereocenters. The summed E-state index contributed by atoms with van der Waals surface area (Å²) in [5.74, 6) is -0.631. The van der Waals surface area contributed by atoms with Crippen molar-refractivity contribution in [1.82, 2.24) is 10.3 Å². The number of amides is 2. The Labute approximate surface area is 146 Å². The van der Waals surface area contributed by atoms with Crippen molar-refractivity contribution in [2.24, 2.45) is 5.92 Å². The van der Waals surface area contributed by atoms with E-state index in [0.717, 1.165) is 0 Å². The van der Waals surface area contributed by atoms with E-state index in [2.05, 4.69) is 15.6 Å². The summed E-state index contributed by atoms with van der Waals surface area (Å²) in [7, 11) is 1.53. The van der Waals surface area contributed by atoms with E-state index < -0.39 is 12.0 Å². The SMILES string of the molecule is COc1cccc(C(=O)N[C@@H](C)[C@H](C)C(=O)Nc2ncccc2O)c1. The second-order valence-electron chi connectivity index (χ2n) is 5.64. The summed E-state index contributed by atoms with van der Waals surface area (Å²) in [4.78, 5) is 28.5. The first-order valence-corrected chi connectivity index (χ1v) is 7.82. The Bertz CT molecular complexity index is 763. The van der Waals surface area contributed by atoms with E-state index in [1.807, 2.05) is 0 Å². The lowest BCUT2D eigenvalue weighted by atomic mass is 10.0. The molecule has 0 aliphatic rings. The molecule has 7 heteroatoms. The molecular weight excluding hydrogens is 322 g/mol. The quantitative estimate of drug-likeness (QED) is 0.746. The highest BCUT2D eigenvalue weighted by Crippen LogP contribution is 2.19. The van der Waals surface area contributed by atoms with Gasteiger partial charge >= 0.3 is 0 Å². The topological polar surface area (TPSA) is 101 Å². The molecule has 1 heterocycles. The summed E-state index contributed by atoms with van der Waals surface area (Å²) < 4.78 is 5.10. The van der Waals surface area contributed by atoms with Crippen LogP contribution in [0.4, 0.5) is 5.82 Å². The first-order chi connectivity index (χ1) is 11.9. The fourth-order valence-electron chi connectivity index (χ4n) is 2.13. The highest BCUT2D eigenvalue weighted by atomic mass is 16.5. The van der Waals surface area contributed by atoms with Crippen molar-refractivity contribution in [3.63, 3.8) is 0 Å². The number of anilines is 1. The van der Waals surface area contributed by atoms with E-state index in [9.17, 15) is 14.7 Å². The smallest absolute Gasteiger partial charge is 0.251 e. The number of aromatic nitrogens is 1. The zero-order chi connectivity index (χ0) is 18.4. The summed E-state index contributed by atoms with van der Waals surface area (Å²) >= 11 is 0. The number of hydrogen-bond acceptors (Lipinski definition) is 5. The second kappa shape index (κ2) is 8.14. The molecule has 0 fully saturated rings. The lowest BCUT2D eigenvalue weighted by Gasteiger charge is -2.21. The van der Waals surface area contributed by atoms with Gasteiger partial charge in [-0.3, -0.25) is 9.59 Å². The number of benzene rings is 1. The normalized spacial score (nSPS) is 12.8. The lowest BCUT2D eigenvalue weighted by Crippen LogP contribution is -2.42. The summed E-state index contributed by atoms with van der Waals surface area (Å²) in [5, 5.41) is 15.0. The number of pyridine rings is 1. The Morgan fingerprint density at radius 1 is 1.20 bits per heavy atom. The first-order valence-electron chi connectivity index (χ1n) is 7.82. The maximum atomic E-state index is 12.3. The van der Waals surface area contributed by atoms with Crippen LogP contribution in [0.15, 0.2) is 42.6 Å². The van der Waals surface area contributed by atoms with Gasteiger partial charge in [0.1, 0.15) is 5.75 Å². The van der Waals surface area contributed by atoms with Gasteiger partial charge < -0.3 is 20.5 Å². The Balaban J connectivity index is 1.99. The van der Waals surface area contributed by atoms with E-state index >= 15 is 0 Å². The summed E-state index contributed by atoms with van der Waals surface area (Å²) in [5.41, 5.74) is 0.446. The number of carbonyl (C=O) groups is 2. The molecule has 2 amide bonds. The van der Waals surface area contributed by atoms with Gasteiger partial charge in [-0.25, -0.2) is 4.98 Å². The maximum Gasteiger partial charge on any atom is 0.251 e. The predicted molar refractivity (Wildman–Crippen MR) is 93.6 cm³/mol. The molecule has 0 spiro atoms. The van der Waals surface area contributed by atoms with E-state index in [1.54, 1.807) is 44.2 Å². The molecular formula is C18H21N3O4. The zero-order valence-electron chi connectivity index (χ0n) is 14.3. The number of nitrogens with one attached hydrogen (secondary N) is 2. The van der Waals surface area contributed by atoms with Crippen LogP contribution in [0.2, 0.25) is 0 Å². The van der Waals surface area contributed by atoms with Crippen LogP contribution in [0.3, 0.4) is 0 Å². The Hall–Kier alpha value is -3.09. The number of hydrogen-bond donors (Lipinski definition) is 3. The fraction of sp³-hybridized carbons (Fsp3) is 0.278. The van der Waals surface area contributed by atoms with Crippen LogP contribution in [0.25, 0.3) is 0 Å². The molecule has 2 aromatic rings. The van der Waals surface area contributed by atoms with E-state index in [4.69, 9.17) is 4.74 Å². The molecule has 1 aromatic heterocycles. The van der Waals surface area contributed by atoms with Crippen molar-refractivity contribution in [3.05, 3.63) is 48.2 Å². The number of nitrogens with zero attached hydrogens (tertiary/aromatic N) is 1. The largest absolute Gasteiger partial charge is 0.504 e. The van der Waals surface area contributed by atoms with E-state index in [-0.39, 0.29) is 23.4 Å². The van der Waals surface area contributed by atoms with Crippen molar-refractivity contribution >= 4 is 17.6 Å². The molecule has 0 saturated heterocycles. The molecule has 3 N–H and O–H groups in total. The van der Waals surface area contributed by atoms with Gasteiger partial charge in [0.05, 0.1) is 13.0 Å². The highest BCUT2D eigenvalue weighted by Gasteiger charge is 2.23. The number of rotatable bonds is 6. The third-order valence-electron chi connectivity index (χ3n) is 3.88. The van der Waals surface area contributed by atoms with Gasteiger partial charge in [0, 0.05) is 17.8 Å². The van der Waals surface area contributed by atoms with E-state index in [1.165, 1.54) is 19.4 Å². The van der Waals surface area contributed by atoms with Crippen LogP contribution in [0.5, 0.6) is 11.5 Å². The van der Waals surface area contributed by atoms with Crippen LogP contribution in [-0.4, -0.2) is 35.1 Å². The average molecular weight is 343 g/mol. The number of methoxy groups -OCH3 is 1. The Morgan fingerprint density at radius 2 is 1.96 bits per heavy atom. The molecule has 132 valence electrons. The highest BCUT2D eigenvalue weighted by molar-refractivity contribution is 5.96. The summed E-state index contributed by atoms with van der Waals surface area (Å²) in [6, 6.07) is 9.32. The second-order valence-corrected chi connectivity index (χ2v) is 5.64. The van der Waals surface area contributed by atoms with E-state index in [0.29, 0.717) is 11.3 Å². The molecule has 2 rings (SSSR count). The van der Waals surface area contributed by atoms with Gasteiger partial charge in [-0.05, 0) is 37.3 Å². The van der Waals surface area contributed by atoms with Crippen molar-refractivity contribution in [1.29, 1.82) is 0 Å². The summed E-state index contributed by atoms with van der Waals surface area (Å²) in [6.45, 7) is 3.42. The zero-order valence-corrected chi connectivity index (χ0v) is 14.3. The third-order valence-corrected chi connectivity index (χ3v) is 3.88. The molecule has 0 aliphatic heterocycles. The number of ether oxygens (including phenoxy) is 1. The van der Waals surface area contributed by atoms with Crippen LogP contribution in [0, 0.1) is 5.92 Å². The van der Waals surface area contributed by atoms with Gasteiger partial charge in [0.2, 0.25) is 5.91 Å². The lowest BCUT2D eigenvalue weighted by molar-refractivity contribution is -0.120. The molecule has 0 radical (unpaired) electrons. The molecule has 25 heavy (non-hydrogen) atoms. The minimum atomic E-state index is -0.532. The van der Waals surface area contributed by atoms with Crippen LogP contribution < -0.4 is 15.4 Å². The van der Waals surface area contributed by atoms with Crippen LogP contribution in [-0.2, 0) is 4.79 Å². The Morgan fingerprint density at radius 3 is 2.64 bits per heavy atom. The third kappa shape index (κ3) is 4.69. The first kappa shape index (κ1) is 18.3. The number of carbonyl (C=O) groups excluding carboxylic acids is 2. The van der Waals surface area contributed by atoms with Crippen molar-refractivity contribution in [2.45, 2.75) is 19.9 Å². The van der Waals surface area contributed by atoms with Gasteiger partial charge in [-0.15, -0.1) is 0 Å². The fourth-order valence-corrected chi connectivity index (χ4v) is 2.13. The van der Waals surface area contributed by atoms with Crippen LogP contribution >= 0.6 is 0 Å². The summed E-state index contributed by atoms with van der Waals surface area (Å²) in [6.07, 6.45) is 1.47. The van der Waals surface area contributed by atoms with Crippen molar-refractivity contribution in [2.75, 3.05) is 12.4 Å². The number of aromatic hydroxyl groups is 1. The molecule has 0 aliphatic carbocycles. The van der Waals surface area contributed by atoms with Gasteiger partial charge in [0.15, 0.2) is 11.6 Å². The van der Waals surface area contributed by atoms with Gasteiger partial charge in [-0.1, -0.05) is 13.0 Å². The minimum absolute atomic E-state index is 0.0886. The molecule has 0 bridgehead atoms. The molecule has 1 aromatic carbocycles. The minimum Gasteiger partial charge on any atom is -0.504 e. The molecule has 0 saturated carbocycles. The average Bonchev–Trinajstić information content (AvgIpc) is 2.62. The standard InChI is InChI=1S/C18H21N3O4/c1-11(17(23)21-16-15(22)8-5-9-19-16)12(2)20-18(24)13-6-4-7-14(10-13)25-3/h4-12,22H,1-3H3,(H,20,24)(H,19,21,23)/t11-,12-/m0/s1. The van der Waals surface area contributed by atoms with Crippen molar-refractivity contribution < 1.29 is 19.4 Å². The van der Waals surface area contributed by atoms with Gasteiger partial charge in [0.25, 0.3) is 5.91 Å². The van der Waals surface area contributed by atoms with Crippen molar-refractivity contribution in [3.8, 4) is 11.5 Å². The Kier molecular flexibility index (Phi) is 5.94.